The quantitative estimate of drug-likeness (QED) is 0.450. The number of hydrogen-bond acceptors (Lipinski definition) is 4. The van der Waals surface area contributed by atoms with Crippen LogP contribution in [0.1, 0.15) is 31.9 Å². The summed E-state index contributed by atoms with van der Waals surface area (Å²) in [5, 5.41) is 3.79. The predicted molar refractivity (Wildman–Crippen MR) is 133 cm³/mol. The molecule has 0 saturated carbocycles. The van der Waals surface area contributed by atoms with Gasteiger partial charge in [0.1, 0.15) is 11.8 Å². The fourth-order valence-corrected chi connectivity index (χ4v) is 4.12. The van der Waals surface area contributed by atoms with Crippen molar-refractivity contribution in [3.05, 3.63) is 63.6 Å². The van der Waals surface area contributed by atoms with E-state index in [4.69, 9.17) is 27.9 Å². The molecule has 0 aliphatic rings. The van der Waals surface area contributed by atoms with Crippen LogP contribution in [-0.2, 0) is 21.9 Å². The lowest BCUT2D eigenvalue weighted by Gasteiger charge is -2.29. The molecule has 0 fully saturated rings. The van der Waals surface area contributed by atoms with Gasteiger partial charge < -0.3 is 15.0 Å². The van der Waals surface area contributed by atoms with Gasteiger partial charge in [-0.2, -0.15) is 0 Å². The second-order valence-corrected chi connectivity index (χ2v) is 9.73. The van der Waals surface area contributed by atoms with E-state index in [1.165, 1.54) is 11.8 Å². The highest BCUT2D eigenvalue weighted by Gasteiger charge is 2.26. The molecule has 2 aromatic rings. The summed E-state index contributed by atoms with van der Waals surface area (Å²) >= 11 is 13.7. The first-order valence-electron chi connectivity index (χ1n) is 10.4. The fourth-order valence-electron chi connectivity index (χ4n) is 2.93. The van der Waals surface area contributed by atoms with E-state index in [9.17, 15) is 9.59 Å². The molecule has 1 atom stereocenters. The van der Waals surface area contributed by atoms with Crippen molar-refractivity contribution in [2.24, 2.45) is 5.92 Å². The topological polar surface area (TPSA) is 58.6 Å². The molecule has 1 N–H and O–H groups in total. The van der Waals surface area contributed by atoms with Crippen molar-refractivity contribution in [2.75, 3.05) is 19.4 Å². The van der Waals surface area contributed by atoms with E-state index in [-0.39, 0.29) is 24.1 Å². The van der Waals surface area contributed by atoms with Gasteiger partial charge in [-0.05, 0) is 48.2 Å². The zero-order valence-electron chi connectivity index (χ0n) is 18.9. The van der Waals surface area contributed by atoms with Crippen LogP contribution in [0.5, 0.6) is 5.75 Å². The Bertz CT molecular complexity index is 907. The summed E-state index contributed by atoms with van der Waals surface area (Å²) < 4.78 is 5.18. The van der Waals surface area contributed by atoms with E-state index in [0.717, 1.165) is 16.9 Å². The minimum absolute atomic E-state index is 0.109. The standard InChI is InChI=1S/C24H30Cl2N2O3S/c1-16(2)12-27-24(30)17(3)28(13-19-7-10-21(25)22(26)11-19)23(29)15-32-14-18-5-8-20(31-4)9-6-18/h5-11,16-17H,12-15H2,1-4H3,(H,27,30)/t17-/m0/s1. The number of ether oxygens (including phenoxy) is 1. The Morgan fingerprint density at radius 2 is 1.69 bits per heavy atom. The third kappa shape index (κ3) is 8.23. The maximum absolute atomic E-state index is 13.1. The second kappa shape index (κ2) is 13.0. The number of carbonyl (C=O) groups is 2. The van der Waals surface area contributed by atoms with Gasteiger partial charge in [-0.3, -0.25) is 9.59 Å². The molecule has 2 amide bonds. The lowest BCUT2D eigenvalue weighted by molar-refractivity contribution is -0.138. The van der Waals surface area contributed by atoms with Crippen molar-refractivity contribution < 1.29 is 14.3 Å². The number of hydrogen-bond donors (Lipinski definition) is 1. The molecule has 0 aromatic heterocycles. The molecule has 0 aliphatic heterocycles. The third-order valence-electron chi connectivity index (χ3n) is 4.84. The van der Waals surface area contributed by atoms with Crippen LogP contribution >= 0.6 is 35.0 Å². The number of nitrogens with zero attached hydrogens (tertiary/aromatic N) is 1. The zero-order chi connectivity index (χ0) is 23.7. The molecule has 32 heavy (non-hydrogen) atoms. The Balaban J connectivity index is 2.07. The van der Waals surface area contributed by atoms with E-state index in [1.807, 2.05) is 44.2 Å². The zero-order valence-corrected chi connectivity index (χ0v) is 21.2. The summed E-state index contributed by atoms with van der Waals surface area (Å²) in [5.74, 6) is 1.78. The molecule has 0 bridgehead atoms. The highest BCUT2D eigenvalue weighted by molar-refractivity contribution is 7.99. The van der Waals surface area contributed by atoms with Crippen LogP contribution in [0.25, 0.3) is 0 Å². The number of rotatable bonds is 11. The summed E-state index contributed by atoms with van der Waals surface area (Å²) in [6.07, 6.45) is 0. The van der Waals surface area contributed by atoms with Gasteiger partial charge in [0.05, 0.1) is 22.9 Å². The fraction of sp³-hybridized carbons (Fsp3) is 0.417. The molecule has 0 heterocycles. The molecule has 0 unspecified atom stereocenters. The number of methoxy groups -OCH3 is 1. The molecule has 0 aliphatic carbocycles. The molecule has 0 radical (unpaired) electrons. The molecule has 5 nitrogen and oxygen atoms in total. The second-order valence-electron chi connectivity index (χ2n) is 7.93. The van der Waals surface area contributed by atoms with Gasteiger partial charge in [-0.1, -0.05) is 55.2 Å². The predicted octanol–water partition coefficient (Wildman–Crippen LogP) is 5.42. The Morgan fingerprint density at radius 3 is 2.28 bits per heavy atom. The minimum Gasteiger partial charge on any atom is -0.497 e. The first kappa shape index (κ1) is 26.4. The number of halogens is 2. The summed E-state index contributed by atoms with van der Waals surface area (Å²) in [5.41, 5.74) is 1.92. The van der Waals surface area contributed by atoms with Gasteiger partial charge in [0.25, 0.3) is 0 Å². The van der Waals surface area contributed by atoms with Crippen molar-refractivity contribution in [3.63, 3.8) is 0 Å². The van der Waals surface area contributed by atoms with Crippen molar-refractivity contribution >= 4 is 46.8 Å². The van der Waals surface area contributed by atoms with Crippen molar-refractivity contribution in [1.29, 1.82) is 0 Å². The van der Waals surface area contributed by atoms with Crippen molar-refractivity contribution in [3.8, 4) is 5.75 Å². The first-order valence-corrected chi connectivity index (χ1v) is 12.3. The van der Waals surface area contributed by atoms with Crippen molar-refractivity contribution in [2.45, 2.75) is 39.1 Å². The van der Waals surface area contributed by atoms with Gasteiger partial charge in [0.2, 0.25) is 11.8 Å². The largest absolute Gasteiger partial charge is 0.497 e. The summed E-state index contributed by atoms with van der Waals surface area (Å²) in [7, 11) is 1.63. The number of carbonyl (C=O) groups excluding carboxylic acids is 2. The van der Waals surface area contributed by atoms with Gasteiger partial charge in [-0.25, -0.2) is 0 Å². The summed E-state index contributed by atoms with van der Waals surface area (Å²) in [6.45, 7) is 6.64. The van der Waals surface area contributed by atoms with E-state index in [1.54, 1.807) is 31.1 Å². The van der Waals surface area contributed by atoms with Crippen LogP contribution in [0.15, 0.2) is 42.5 Å². The van der Waals surface area contributed by atoms with E-state index in [0.29, 0.717) is 28.3 Å². The number of amides is 2. The van der Waals surface area contributed by atoms with Gasteiger partial charge in [0.15, 0.2) is 0 Å². The molecule has 174 valence electrons. The highest BCUT2D eigenvalue weighted by Crippen LogP contribution is 2.24. The normalized spacial score (nSPS) is 11.8. The Morgan fingerprint density at radius 1 is 1.03 bits per heavy atom. The maximum atomic E-state index is 13.1. The molecular weight excluding hydrogens is 467 g/mol. The van der Waals surface area contributed by atoms with Gasteiger partial charge in [-0.15, -0.1) is 11.8 Å². The average Bonchev–Trinajstić information content (AvgIpc) is 2.78. The maximum Gasteiger partial charge on any atom is 0.242 e. The van der Waals surface area contributed by atoms with Crippen LogP contribution in [0, 0.1) is 5.92 Å². The smallest absolute Gasteiger partial charge is 0.242 e. The van der Waals surface area contributed by atoms with E-state index < -0.39 is 6.04 Å². The van der Waals surface area contributed by atoms with E-state index in [2.05, 4.69) is 5.32 Å². The van der Waals surface area contributed by atoms with Crippen LogP contribution in [0.3, 0.4) is 0 Å². The lowest BCUT2D eigenvalue weighted by Crippen LogP contribution is -2.48. The molecule has 0 saturated heterocycles. The first-order chi connectivity index (χ1) is 15.2. The minimum atomic E-state index is -0.614. The Hall–Kier alpha value is -1.89. The number of benzene rings is 2. The Labute approximate surface area is 204 Å². The molecule has 2 aromatic carbocycles. The molecular formula is C24H30Cl2N2O3S. The van der Waals surface area contributed by atoms with E-state index >= 15 is 0 Å². The molecule has 0 spiro atoms. The summed E-state index contributed by atoms with van der Waals surface area (Å²) in [4.78, 5) is 27.4. The van der Waals surface area contributed by atoms with Gasteiger partial charge >= 0.3 is 0 Å². The van der Waals surface area contributed by atoms with Crippen LogP contribution in [0.4, 0.5) is 0 Å². The van der Waals surface area contributed by atoms with Crippen LogP contribution in [0.2, 0.25) is 10.0 Å². The van der Waals surface area contributed by atoms with Gasteiger partial charge in [0, 0.05) is 18.8 Å². The average molecular weight is 497 g/mol. The van der Waals surface area contributed by atoms with Crippen LogP contribution < -0.4 is 10.1 Å². The number of nitrogens with one attached hydrogen (secondary N) is 1. The summed E-state index contributed by atoms with van der Waals surface area (Å²) in [6, 6.07) is 12.4. The SMILES string of the molecule is COc1ccc(CSCC(=O)N(Cc2ccc(Cl)c(Cl)c2)[C@@H](C)C(=O)NCC(C)C)cc1. The molecule has 8 heteroatoms. The lowest BCUT2D eigenvalue weighted by atomic mass is 10.1. The number of thioether (sulfide) groups is 1. The molecule has 2 rings (SSSR count). The Kier molecular flexibility index (Phi) is 10.7. The van der Waals surface area contributed by atoms with Crippen molar-refractivity contribution in [1.82, 2.24) is 10.2 Å². The third-order valence-corrected chi connectivity index (χ3v) is 6.57. The monoisotopic (exact) mass is 496 g/mol. The van der Waals surface area contributed by atoms with Crippen LogP contribution in [-0.4, -0.2) is 42.2 Å². The highest BCUT2D eigenvalue weighted by atomic mass is 35.5.